The highest BCUT2D eigenvalue weighted by Crippen LogP contribution is 2.14. The third-order valence-electron chi connectivity index (χ3n) is 2.59. The lowest BCUT2D eigenvalue weighted by atomic mass is 10.1. The molecule has 92 valence electrons. The highest BCUT2D eigenvalue weighted by atomic mass is 16.4. The lowest BCUT2D eigenvalue weighted by molar-refractivity contribution is 0.0689. The van der Waals surface area contributed by atoms with Crippen molar-refractivity contribution in [1.82, 2.24) is 15.0 Å². The van der Waals surface area contributed by atoms with Gasteiger partial charge in [-0.25, -0.2) is 9.48 Å². The summed E-state index contributed by atoms with van der Waals surface area (Å²) >= 11 is 0. The van der Waals surface area contributed by atoms with Crippen molar-refractivity contribution in [2.75, 3.05) is 0 Å². The second kappa shape index (κ2) is 4.40. The van der Waals surface area contributed by atoms with E-state index in [9.17, 15) is 9.59 Å². The summed E-state index contributed by atoms with van der Waals surface area (Å²) in [5.74, 6) is -1.19. The van der Waals surface area contributed by atoms with Gasteiger partial charge in [-0.3, -0.25) is 4.79 Å². The third-order valence-corrected chi connectivity index (χ3v) is 2.59. The number of nitrogens with zero attached hydrogens (tertiary/aromatic N) is 3. The molecule has 0 saturated heterocycles. The number of benzene rings is 1. The van der Waals surface area contributed by atoms with Crippen molar-refractivity contribution in [2.24, 2.45) is 0 Å². The van der Waals surface area contributed by atoms with Crippen LogP contribution in [0.2, 0.25) is 0 Å². The summed E-state index contributed by atoms with van der Waals surface area (Å²) in [6, 6.07) is 6.79. The molecule has 0 unspecified atom stereocenters. The summed E-state index contributed by atoms with van der Waals surface area (Å²) in [5.41, 5.74) is 1.48. The van der Waals surface area contributed by atoms with Gasteiger partial charge >= 0.3 is 5.97 Å². The van der Waals surface area contributed by atoms with Crippen LogP contribution in [0.5, 0.6) is 0 Å². The van der Waals surface area contributed by atoms with Gasteiger partial charge in [-0.05, 0) is 26.0 Å². The zero-order valence-electron chi connectivity index (χ0n) is 9.91. The number of aromatic nitrogens is 3. The predicted molar refractivity (Wildman–Crippen MR) is 63.1 cm³/mol. The Balaban J connectivity index is 2.52. The Morgan fingerprint density at radius 1 is 1.33 bits per heavy atom. The van der Waals surface area contributed by atoms with E-state index in [0.29, 0.717) is 16.9 Å². The van der Waals surface area contributed by atoms with Crippen LogP contribution in [-0.4, -0.2) is 31.9 Å². The molecular weight excluding hydrogens is 234 g/mol. The summed E-state index contributed by atoms with van der Waals surface area (Å²) in [4.78, 5) is 22.2. The Kier molecular flexibility index (Phi) is 2.93. The number of carbonyl (C=O) groups is 2. The Bertz CT molecular complexity index is 631. The Morgan fingerprint density at radius 2 is 2.06 bits per heavy atom. The molecule has 2 rings (SSSR count). The number of carboxylic acid groups (broad SMARTS) is 1. The molecule has 1 aromatic carbocycles. The van der Waals surface area contributed by atoms with E-state index in [1.807, 2.05) is 0 Å². The van der Waals surface area contributed by atoms with E-state index in [-0.39, 0.29) is 11.5 Å². The number of aromatic carboxylic acids is 1. The number of carboxylic acids is 1. The van der Waals surface area contributed by atoms with Crippen molar-refractivity contribution in [3.63, 3.8) is 0 Å². The van der Waals surface area contributed by atoms with Crippen LogP contribution in [0, 0.1) is 6.92 Å². The minimum absolute atomic E-state index is 0.0620. The molecule has 18 heavy (non-hydrogen) atoms. The molecule has 1 N–H and O–H groups in total. The number of hydrogen-bond donors (Lipinski definition) is 1. The van der Waals surface area contributed by atoms with Gasteiger partial charge in [0.05, 0.1) is 11.4 Å². The number of Topliss-reactive ketones (excluding diaryl/α,β-unsaturated/α-hetero) is 1. The molecule has 0 saturated carbocycles. The van der Waals surface area contributed by atoms with Gasteiger partial charge in [-0.15, -0.1) is 5.10 Å². The van der Waals surface area contributed by atoms with Gasteiger partial charge in [-0.2, -0.15) is 0 Å². The van der Waals surface area contributed by atoms with Crippen LogP contribution in [0.3, 0.4) is 0 Å². The number of carbonyl (C=O) groups excluding carboxylic acids is 1. The smallest absolute Gasteiger partial charge is 0.358 e. The fourth-order valence-corrected chi connectivity index (χ4v) is 1.63. The lowest BCUT2D eigenvalue weighted by Crippen LogP contribution is -2.03. The maximum absolute atomic E-state index is 11.3. The molecule has 0 fully saturated rings. The first kappa shape index (κ1) is 12.0. The van der Waals surface area contributed by atoms with Gasteiger partial charge in [-0.1, -0.05) is 17.3 Å². The molecule has 0 aliphatic rings. The van der Waals surface area contributed by atoms with E-state index in [0.717, 1.165) is 0 Å². The van der Waals surface area contributed by atoms with Crippen LogP contribution in [-0.2, 0) is 0 Å². The van der Waals surface area contributed by atoms with E-state index in [4.69, 9.17) is 5.11 Å². The Labute approximate surface area is 103 Å². The van der Waals surface area contributed by atoms with E-state index in [1.165, 1.54) is 11.6 Å². The van der Waals surface area contributed by atoms with Crippen LogP contribution in [0.25, 0.3) is 5.69 Å². The largest absolute Gasteiger partial charge is 0.476 e. The second-order valence-electron chi connectivity index (χ2n) is 3.85. The standard InChI is InChI=1S/C12H11N3O3/c1-7-11(12(17)18)13-14-15(7)10-5-3-4-9(6-10)8(2)16/h3-6H,1-2H3,(H,17,18). The fraction of sp³-hybridized carbons (Fsp3) is 0.167. The molecule has 1 aromatic heterocycles. The monoisotopic (exact) mass is 245 g/mol. The van der Waals surface area contributed by atoms with Gasteiger partial charge < -0.3 is 5.11 Å². The molecule has 1 heterocycles. The first-order valence-electron chi connectivity index (χ1n) is 5.27. The number of rotatable bonds is 3. The topological polar surface area (TPSA) is 85.1 Å². The first-order chi connectivity index (χ1) is 8.50. The second-order valence-corrected chi connectivity index (χ2v) is 3.85. The molecule has 0 aliphatic carbocycles. The molecule has 0 spiro atoms. The summed E-state index contributed by atoms with van der Waals surface area (Å²) in [5, 5.41) is 16.3. The highest BCUT2D eigenvalue weighted by molar-refractivity contribution is 5.94. The van der Waals surface area contributed by atoms with Crippen LogP contribution in [0.15, 0.2) is 24.3 Å². The predicted octanol–water partition coefficient (Wildman–Crippen LogP) is 1.48. The maximum atomic E-state index is 11.3. The van der Waals surface area contributed by atoms with Gasteiger partial charge in [0.25, 0.3) is 0 Å². The molecule has 2 aromatic rings. The normalized spacial score (nSPS) is 10.3. The molecule has 0 atom stereocenters. The molecule has 0 aliphatic heterocycles. The van der Waals surface area contributed by atoms with E-state index >= 15 is 0 Å². The summed E-state index contributed by atoms with van der Waals surface area (Å²) in [6.45, 7) is 3.08. The Morgan fingerprint density at radius 3 is 2.61 bits per heavy atom. The number of hydrogen-bond acceptors (Lipinski definition) is 4. The van der Waals surface area contributed by atoms with E-state index < -0.39 is 5.97 Å². The first-order valence-corrected chi connectivity index (χ1v) is 5.27. The average Bonchev–Trinajstić information content (AvgIpc) is 2.71. The molecule has 0 bridgehead atoms. The van der Waals surface area contributed by atoms with Crippen molar-refractivity contribution in [3.8, 4) is 5.69 Å². The Hall–Kier alpha value is -2.50. The quantitative estimate of drug-likeness (QED) is 0.828. The van der Waals surface area contributed by atoms with E-state index in [2.05, 4.69) is 10.3 Å². The zero-order valence-corrected chi connectivity index (χ0v) is 9.91. The lowest BCUT2D eigenvalue weighted by Gasteiger charge is -2.04. The zero-order chi connectivity index (χ0) is 13.3. The molecular formula is C12H11N3O3. The molecule has 0 radical (unpaired) electrons. The summed E-state index contributed by atoms with van der Waals surface area (Å²) in [7, 11) is 0. The van der Waals surface area contributed by atoms with Crippen LogP contribution >= 0.6 is 0 Å². The summed E-state index contributed by atoms with van der Waals surface area (Å²) < 4.78 is 1.40. The molecule has 6 heteroatoms. The maximum Gasteiger partial charge on any atom is 0.358 e. The van der Waals surface area contributed by atoms with Crippen molar-refractivity contribution in [2.45, 2.75) is 13.8 Å². The van der Waals surface area contributed by atoms with Crippen molar-refractivity contribution in [1.29, 1.82) is 0 Å². The summed E-state index contributed by atoms with van der Waals surface area (Å²) in [6.07, 6.45) is 0. The fourth-order valence-electron chi connectivity index (χ4n) is 1.63. The van der Waals surface area contributed by atoms with Crippen LogP contribution in [0.4, 0.5) is 0 Å². The molecule has 6 nitrogen and oxygen atoms in total. The van der Waals surface area contributed by atoms with Crippen molar-refractivity contribution >= 4 is 11.8 Å². The third kappa shape index (κ3) is 2.00. The minimum atomic E-state index is -1.12. The van der Waals surface area contributed by atoms with Crippen molar-refractivity contribution < 1.29 is 14.7 Å². The van der Waals surface area contributed by atoms with E-state index in [1.54, 1.807) is 31.2 Å². The minimum Gasteiger partial charge on any atom is -0.476 e. The van der Waals surface area contributed by atoms with Crippen LogP contribution in [0.1, 0.15) is 33.5 Å². The SMILES string of the molecule is CC(=O)c1cccc(-n2nnc(C(=O)O)c2C)c1. The van der Waals surface area contributed by atoms with Crippen molar-refractivity contribution in [3.05, 3.63) is 41.2 Å². The van der Waals surface area contributed by atoms with Gasteiger partial charge in [0.2, 0.25) is 0 Å². The average molecular weight is 245 g/mol. The van der Waals surface area contributed by atoms with Crippen LogP contribution < -0.4 is 0 Å². The highest BCUT2D eigenvalue weighted by Gasteiger charge is 2.16. The van der Waals surface area contributed by atoms with Gasteiger partial charge in [0.1, 0.15) is 0 Å². The molecule has 0 amide bonds. The van der Waals surface area contributed by atoms with Gasteiger partial charge in [0, 0.05) is 5.56 Å². The van der Waals surface area contributed by atoms with Gasteiger partial charge in [0.15, 0.2) is 11.5 Å². The number of ketones is 1.